The summed E-state index contributed by atoms with van der Waals surface area (Å²) in [6.45, 7) is 9.92. The van der Waals surface area contributed by atoms with Crippen molar-refractivity contribution in [3.05, 3.63) is 0 Å². The molecule has 0 atom stereocenters. The Labute approximate surface area is 97.6 Å². The molecule has 1 rings (SSSR count). The van der Waals surface area contributed by atoms with Crippen LogP contribution in [0, 0.1) is 0 Å². The molecule has 1 fully saturated rings. The number of amides is 1. The van der Waals surface area contributed by atoms with Crippen molar-refractivity contribution in [2.45, 2.75) is 64.7 Å². The number of aliphatic hydroxyl groups is 1. The average Bonchev–Trinajstić information content (AvgIpc) is 1.98. The quantitative estimate of drug-likeness (QED) is 0.789. The second-order valence-electron chi connectivity index (χ2n) is 5.83. The summed E-state index contributed by atoms with van der Waals surface area (Å²) in [4.78, 5) is 13.6. The summed E-state index contributed by atoms with van der Waals surface area (Å²) in [5, 5.41) is 9.66. The summed E-state index contributed by atoms with van der Waals surface area (Å²) in [6, 6.07) is 0.120. The van der Waals surface area contributed by atoms with Crippen molar-refractivity contribution >= 4 is 6.09 Å². The molecule has 0 spiro atoms. The molecule has 4 heteroatoms. The van der Waals surface area contributed by atoms with Crippen molar-refractivity contribution < 1.29 is 14.6 Å². The van der Waals surface area contributed by atoms with Gasteiger partial charge in [0.2, 0.25) is 0 Å². The van der Waals surface area contributed by atoms with Crippen LogP contribution in [0.1, 0.15) is 47.5 Å². The Balaban J connectivity index is 2.53. The van der Waals surface area contributed by atoms with Crippen molar-refractivity contribution in [2.75, 3.05) is 6.54 Å². The third-order valence-electron chi connectivity index (χ3n) is 2.76. The first kappa shape index (κ1) is 13.3. The van der Waals surface area contributed by atoms with Crippen LogP contribution in [0.2, 0.25) is 0 Å². The molecule has 94 valence electrons. The van der Waals surface area contributed by atoms with Crippen LogP contribution in [0.15, 0.2) is 0 Å². The van der Waals surface area contributed by atoms with Gasteiger partial charge in [-0.05, 0) is 47.5 Å². The van der Waals surface area contributed by atoms with Crippen LogP contribution in [-0.2, 0) is 4.74 Å². The van der Waals surface area contributed by atoms with E-state index in [9.17, 15) is 9.90 Å². The fraction of sp³-hybridized carbons (Fsp3) is 0.917. The molecule has 0 aliphatic heterocycles. The molecular formula is C12H23NO3. The number of carbonyl (C=O) groups excluding carboxylic acids is 1. The summed E-state index contributed by atoms with van der Waals surface area (Å²) in [5.74, 6) is 0. The summed E-state index contributed by atoms with van der Waals surface area (Å²) in [5.41, 5.74) is -1.07. The first-order chi connectivity index (χ1) is 7.14. The van der Waals surface area contributed by atoms with Gasteiger partial charge in [0.25, 0.3) is 0 Å². The van der Waals surface area contributed by atoms with Crippen LogP contribution in [0.25, 0.3) is 0 Å². The van der Waals surface area contributed by atoms with Crippen LogP contribution in [0.5, 0.6) is 0 Å². The largest absolute Gasteiger partial charge is 0.444 e. The van der Waals surface area contributed by atoms with Gasteiger partial charge in [-0.3, -0.25) is 0 Å². The number of hydrogen-bond acceptors (Lipinski definition) is 3. The van der Waals surface area contributed by atoms with E-state index in [1.165, 1.54) is 0 Å². The van der Waals surface area contributed by atoms with Gasteiger partial charge in [-0.25, -0.2) is 4.79 Å². The minimum absolute atomic E-state index is 0.120. The van der Waals surface area contributed by atoms with Gasteiger partial charge in [0.05, 0.1) is 5.60 Å². The van der Waals surface area contributed by atoms with E-state index in [4.69, 9.17) is 4.74 Å². The lowest BCUT2D eigenvalue weighted by molar-refractivity contribution is -0.0787. The molecule has 1 aliphatic carbocycles. The maximum absolute atomic E-state index is 11.9. The van der Waals surface area contributed by atoms with Gasteiger partial charge in [-0.2, -0.15) is 0 Å². The van der Waals surface area contributed by atoms with Crippen molar-refractivity contribution in [1.82, 2.24) is 4.90 Å². The van der Waals surface area contributed by atoms with E-state index in [0.29, 0.717) is 19.4 Å². The highest BCUT2D eigenvalue weighted by Gasteiger charge is 2.43. The van der Waals surface area contributed by atoms with E-state index in [2.05, 4.69) is 0 Å². The second kappa shape index (κ2) is 4.24. The normalized spacial score (nSPS) is 29.5. The molecule has 0 heterocycles. The number of rotatable bonds is 2. The molecule has 0 radical (unpaired) electrons. The third-order valence-corrected chi connectivity index (χ3v) is 2.76. The zero-order valence-electron chi connectivity index (χ0n) is 10.9. The molecule has 4 nitrogen and oxygen atoms in total. The summed E-state index contributed by atoms with van der Waals surface area (Å²) in [7, 11) is 0. The molecule has 0 saturated heterocycles. The minimum Gasteiger partial charge on any atom is -0.444 e. The Morgan fingerprint density at radius 1 is 1.50 bits per heavy atom. The van der Waals surface area contributed by atoms with Gasteiger partial charge in [0.15, 0.2) is 0 Å². The van der Waals surface area contributed by atoms with Crippen LogP contribution in [0.4, 0.5) is 4.79 Å². The van der Waals surface area contributed by atoms with Crippen molar-refractivity contribution in [3.63, 3.8) is 0 Å². The zero-order valence-corrected chi connectivity index (χ0v) is 10.9. The molecule has 0 aromatic carbocycles. The van der Waals surface area contributed by atoms with Gasteiger partial charge in [0, 0.05) is 12.6 Å². The molecule has 1 N–H and O–H groups in total. The van der Waals surface area contributed by atoms with Crippen molar-refractivity contribution in [1.29, 1.82) is 0 Å². The highest BCUT2D eigenvalue weighted by atomic mass is 16.6. The van der Waals surface area contributed by atoms with Gasteiger partial charge in [-0.15, -0.1) is 0 Å². The zero-order chi connectivity index (χ0) is 12.6. The number of carbonyl (C=O) groups is 1. The summed E-state index contributed by atoms with van der Waals surface area (Å²) < 4.78 is 5.32. The van der Waals surface area contributed by atoms with Crippen molar-refractivity contribution in [3.8, 4) is 0 Å². The lowest BCUT2D eigenvalue weighted by atomic mass is 9.76. The lowest BCUT2D eigenvalue weighted by Gasteiger charge is -2.46. The van der Waals surface area contributed by atoms with Gasteiger partial charge in [0.1, 0.15) is 5.60 Å². The Bertz CT molecular complexity index is 260. The molecule has 16 heavy (non-hydrogen) atoms. The molecule has 1 saturated carbocycles. The SMILES string of the molecule is CCN(C(=O)OC(C)(C)C)C1CC(C)(O)C1. The first-order valence-electron chi connectivity index (χ1n) is 5.86. The Kier molecular flexibility index (Phi) is 3.53. The van der Waals surface area contributed by atoms with Crippen LogP contribution < -0.4 is 0 Å². The van der Waals surface area contributed by atoms with E-state index < -0.39 is 11.2 Å². The summed E-state index contributed by atoms with van der Waals surface area (Å²) in [6.07, 6.45) is 0.996. The molecular weight excluding hydrogens is 206 g/mol. The highest BCUT2D eigenvalue weighted by Crippen LogP contribution is 2.35. The summed E-state index contributed by atoms with van der Waals surface area (Å²) >= 11 is 0. The molecule has 0 unspecified atom stereocenters. The Morgan fingerprint density at radius 3 is 2.31 bits per heavy atom. The topological polar surface area (TPSA) is 49.8 Å². The van der Waals surface area contributed by atoms with E-state index in [-0.39, 0.29) is 12.1 Å². The maximum atomic E-state index is 11.9. The Morgan fingerprint density at radius 2 is 2.00 bits per heavy atom. The number of nitrogens with zero attached hydrogens (tertiary/aromatic N) is 1. The lowest BCUT2D eigenvalue weighted by Crippen LogP contribution is -2.56. The van der Waals surface area contributed by atoms with Crippen LogP contribution in [-0.4, -0.2) is 39.9 Å². The van der Waals surface area contributed by atoms with E-state index in [0.717, 1.165) is 0 Å². The molecule has 0 bridgehead atoms. The number of ether oxygens (including phenoxy) is 1. The molecule has 0 aromatic heterocycles. The standard InChI is InChI=1S/C12H23NO3/c1-6-13(9-7-12(5,15)8-9)10(14)16-11(2,3)4/h9,15H,6-8H2,1-5H3. The van der Waals surface area contributed by atoms with Crippen LogP contribution in [0.3, 0.4) is 0 Å². The highest BCUT2D eigenvalue weighted by molar-refractivity contribution is 5.68. The molecule has 1 amide bonds. The molecule has 0 aromatic rings. The average molecular weight is 229 g/mol. The van der Waals surface area contributed by atoms with Gasteiger partial charge >= 0.3 is 6.09 Å². The first-order valence-corrected chi connectivity index (χ1v) is 5.86. The fourth-order valence-corrected chi connectivity index (χ4v) is 2.03. The number of hydrogen-bond donors (Lipinski definition) is 1. The Hall–Kier alpha value is -0.770. The smallest absolute Gasteiger partial charge is 0.410 e. The minimum atomic E-state index is -0.611. The van der Waals surface area contributed by atoms with Crippen molar-refractivity contribution in [2.24, 2.45) is 0 Å². The maximum Gasteiger partial charge on any atom is 0.410 e. The monoisotopic (exact) mass is 229 g/mol. The third kappa shape index (κ3) is 3.37. The van der Waals surface area contributed by atoms with Gasteiger partial charge in [-0.1, -0.05) is 0 Å². The molecule has 1 aliphatic rings. The van der Waals surface area contributed by atoms with Gasteiger partial charge < -0.3 is 14.7 Å². The predicted molar refractivity (Wildman–Crippen MR) is 62.3 cm³/mol. The van der Waals surface area contributed by atoms with Crippen LogP contribution >= 0.6 is 0 Å². The van der Waals surface area contributed by atoms with E-state index >= 15 is 0 Å². The van der Waals surface area contributed by atoms with E-state index in [1.54, 1.807) is 11.8 Å². The fourth-order valence-electron chi connectivity index (χ4n) is 2.03. The van der Waals surface area contributed by atoms with E-state index in [1.807, 2.05) is 27.7 Å². The second-order valence-corrected chi connectivity index (χ2v) is 5.83. The predicted octanol–water partition coefficient (Wildman–Crippen LogP) is 2.16.